The Morgan fingerprint density at radius 3 is 2.81 bits per heavy atom. The fraction of sp³-hybridized carbons (Fsp3) is 0.211. The van der Waals surface area contributed by atoms with Gasteiger partial charge in [-0.15, -0.1) is 0 Å². The standard InChI is InChI=1S/C19H16ClN3O3/c1-25-16-8-7-14(20)10-15(16)23-11-13(9-17(23)24)18-21-19(26-22-18)12-5-3-2-4-6-12/h2-8,10,13H,9,11H2,1H3. The average Bonchev–Trinajstić information content (AvgIpc) is 3.29. The normalized spacial score (nSPS) is 16.9. The summed E-state index contributed by atoms with van der Waals surface area (Å²) in [5.74, 6) is 1.41. The van der Waals surface area contributed by atoms with Gasteiger partial charge in [0.25, 0.3) is 5.89 Å². The highest BCUT2D eigenvalue weighted by Gasteiger charge is 2.36. The average molecular weight is 370 g/mol. The smallest absolute Gasteiger partial charge is 0.257 e. The largest absolute Gasteiger partial charge is 0.495 e. The summed E-state index contributed by atoms with van der Waals surface area (Å²) in [4.78, 5) is 18.7. The van der Waals surface area contributed by atoms with Crippen molar-refractivity contribution in [3.8, 4) is 17.2 Å². The SMILES string of the molecule is COc1ccc(Cl)cc1N1CC(c2noc(-c3ccccc3)n2)CC1=O. The molecule has 0 N–H and O–H groups in total. The van der Waals surface area contributed by atoms with E-state index in [1.807, 2.05) is 30.3 Å². The van der Waals surface area contributed by atoms with Crippen LogP contribution in [0.2, 0.25) is 5.02 Å². The zero-order chi connectivity index (χ0) is 18.1. The van der Waals surface area contributed by atoms with Crippen molar-refractivity contribution in [3.63, 3.8) is 0 Å². The molecule has 0 radical (unpaired) electrons. The fourth-order valence-electron chi connectivity index (χ4n) is 3.09. The molecule has 1 unspecified atom stereocenters. The third-order valence-corrected chi connectivity index (χ3v) is 4.62. The number of amides is 1. The monoisotopic (exact) mass is 369 g/mol. The number of hydrogen-bond acceptors (Lipinski definition) is 5. The quantitative estimate of drug-likeness (QED) is 0.697. The molecule has 26 heavy (non-hydrogen) atoms. The summed E-state index contributed by atoms with van der Waals surface area (Å²) in [6.07, 6.45) is 0.309. The highest BCUT2D eigenvalue weighted by molar-refractivity contribution is 6.31. The van der Waals surface area contributed by atoms with Crippen LogP contribution in [0.25, 0.3) is 11.5 Å². The van der Waals surface area contributed by atoms with Crippen LogP contribution in [-0.2, 0) is 4.79 Å². The minimum Gasteiger partial charge on any atom is -0.495 e. The van der Waals surface area contributed by atoms with Crippen LogP contribution in [0.5, 0.6) is 5.75 Å². The summed E-state index contributed by atoms with van der Waals surface area (Å²) < 4.78 is 10.7. The molecule has 6 nitrogen and oxygen atoms in total. The van der Waals surface area contributed by atoms with Crippen molar-refractivity contribution >= 4 is 23.2 Å². The van der Waals surface area contributed by atoms with Crippen molar-refractivity contribution in [2.45, 2.75) is 12.3 Å². The molecule has 1 aliphatic rings. The molecule has 1 amide bonds. The molecule has 4 rings (SSSR count). The first-order valence-corrected chi connectivity index (χ1v) is 8.56. The van der Waals surface area contributed by atoms with Crippen molar-refractivity contribution < 1.29 is 14.1 Å². The van der Waals surface area contributed by atoms with Crippen LogP contribution in [-0.4, -0.2) is 29.7 Å². The van der Waals surface area contributed by atoms with Gasteiger partial charge in [0.1, 0.15) is 5.75 Å². The van der Waals surface area contributed by atoms with Gasteiger partial charge in [-0.3, -0.25) is 4.79 Å². The summed E-state index contributed by atoms with van der Waals surface area (Å²) in [6.45, 7) is 0.448. The van der Waals surface area contributed by atoms with Crippen molar-refractivity contribution in [3.05, 3.63) is 59.4 Å². The molecule has 1 atom stereocenters. The van der Waals surface area contributed by atoms with Crippen molar-refractivity contribution in [2.24, 2.45) is 0 Å². The predicted octanol–water partition coefficient (Wildman–Crippen LogP) is 3.92. The highest BCUT2D eigenvalue weighted by Crippen LogP contribution is 2.37. The van der Waals surface area contributed by atoms with E-state index in [0.717, 1.165) is 5.56 Å². The van der Waals surface area contributed by atoms with Crippen molar-refractivity contribution in [1.29, 1.82) is 0 Å². The van der Waals surface area contributed by atoms with Gasteiger partial charge in [-0.1, -0.05) is 35.0 Å². The lowest BCUT2D eigenvalue weighted by Crippen LogP contribution is -2.24. The molecule has 1 saturated heterocycles. The maximum absolute atomic E-state index is 12.6. The third kappa shape index (κ3) is 3.04. The fourth-order valence-corrected chi connectivity index (χ4v) is 3.25. The van der Waals surface area contributed by atoms with E-state index < -0.39 is 0 Å². The van der Waals surface area contributed by atoms with Gasteiger partial charge >= 0.3 is 0 Å². The number of anilines is 1. The number of ether oxygens (including phenoxy) is 1. The predicted molar refractivity (Wildman–Crippen MR) is 97.4 cm³/mol. The summed E-state index contributed by atoms with van der Waals surface area (Å²) in [6, 6.07) is 14.8. The van der Waals surface area contributed by atoms with E-state index in [1.165, 1.54) is 0 Å². The lowest BCUT2D eigenvalue weighted by atomic mass is 10.1. The van der Waals surface area contributed by atoms with Gasteiger partial charge in [0.05, 0.1) is 12.8 Å². The number of aromatic nitrogens is 2. The summed E-state index contributed by atoms with van der Waals surface area (Å²) >= 11 is 6.09. The van der Waals surface area contributed by atoms with Crippen LogP contribution < -0.4 is 9.64 Å². The van der Waals surface area contributed by atoms with Crippen LogP contribution in [0.3, 0.4) is 0 Å². The molecule has 2 aromatic carbocycles. The number of methoxy groups -OCH3 is 1. The van der Waals surface area contributed by atoms with E-state index in [0.29, 0.717) is 41.1 Å². The molecular formula is C19H16ClN3O3. The Kier molecular flexibility index (Phi) is 4.34. The lowest BCUT2D eigenvalue weighted by Gasteiger charge is -2.19. The van der Waals surface area contributed by atoms with Gasteiger partial charge in [-0.2, -0.15) is 4.98 Å². The first kappa shape index (κ1) is 16.6. The Labute approximate surface area is 155 Å². The molecule has 132 valence electrons. The zero-order valence-electron chi connectivity index (χ0n) is 14.1. The molecule has 2 heterocycles. The molecule has 7 heteroatoms. The maximum Gasteiger partial charge on any atom is 0.257 e. The van der Waals surface area contributed by atoms with Gasteiger partial charge in [-0.05, 0) is 30.3 Å². The van der Waals surface area contributed by atoms with Gasteiger partial charge in [0.15, 0.2) is 5.82 Å². The highest BCUT2D eigenvalue weighted by atomic mass is 35.5. The van der Waals surface area contributed by atoms with E-state index >= 15 is 0 Å². The van der Waals surface area contributed by atoms with Crippen LogP contribution in [0.4, 0.5) is 5.69 Å². The van der Waals surface area contributed by atoms with Crippen molar-refractivity contribution in [2.75, 3.05) is 18.6 Å². The first-order valence-electron chi connectivity index (χ1n) is 8.18. The summed E-state index contributed by atoms with van der Waals surface area (Å²) in [7, 11) is 1.57. The molecular weight excluding hydrogens is 354 g/mol. The Hall–Kier alpha value is -2.86. The minimum atomic E-state index is -0.146. The molecule has 0 bridgehead atoms. The number of halogens is 1. The summed E-state index contributed by atoms with van der Waals surface area (Å²) in [5, 5.41) is 4.62. The Morgan fingerprint density at radius 1 is 1.23 bits per heavy atom. The second-order valence-electron chi connectivity index (χ2n) is 6.05. The number of nitrogens with zero attached hydrogens (tertiary/aromatic N) is 3. The number of carbonyl (C=O) groups excluding carboxylic acids is 1. The maximum atomic E-state index is 12.6. The number of benzene rings is 2. The molecule has 1 aromatic heterocycles. The summed E-state index contributed by atoms with van der Waals surface area (Å²) in [5.41, 5.74) is 1.50. The molecule has 1 fully saturated rings. The Morgan fingerprint density at radius 2 is 2.04 bits per heavy atom. The third-order valence-electron chi connectivity index (χ3n) is 4.38. The number of rotatable bonds is 4. The Bertz CT molecular complexity index is 942. The molecule has 0 spiro atoms. The van der Waals surface area contributed by atoms with E-state index in [9.17, 15) is 4.79 Å². The molecule has 3 aromatic rings. The minimum absolute atomic E-state index is 0.0263. The van der Waals surface area contributed by atoms with E-state index in [4.69, 9.17) is 20.9 Å². The van der Waals surface area contributed by atoms with Crippen LogP contribution in [0.15, 0.2) is 53.1 Å². The molecule has 0 saturated carbocycles. The Balaban J connectivity index is 1.59. The number of hydrogen-bond donors (Lipinski definition) is 0. The zero-order valence-corrected chi connectivity index (χ0v) is 14.8. The van der Waals surface area contributed by atoms with Crippen LogP contribution in [0.1, 0.15) is 18.2 Å². The second kappa shape index (κ2) is 6.80. The lowest BCUT2D eigenvalue weighted by molar-refractivity contribution is -0.117. The van der Waals surface area contributed by atoms with Gasteiger partial charge in [0.2, 0.25) is 5.91 Å². The van der Waals surface area contributed by atoms with Crippen LogP contribution >= 0.6 is 11.6 Å². The number of carbonyl (C=O) groups is 1. The topological polar surface area (TPSA) is 68.5 Å². The van der Waals surface area contributed by atoms with E-state index in [-0.39, 0.29) is 11.8 Å². The van der Waals surface area contributed by atoms with Crippen molar-refractivity contribution in [1.82, 2.24) is 10.1 Å². The molecule has 0 aliphatic carbocycles. The van der Waals surface area contributed by atoms with Gasteiger partial charge in [-0.25, -0.2) is 0 Å². The second-order valence-corrected chi connectivity index (χ2v) is 6.48. The van der Waals surface area contributed by atoms with E-state index in [1.54, 1.807) is 30.2 Å². The molecule has 1 aliphatic heterocycles. The first-order chi connectivity index (χ1) is 12.7. The van der Waals surface area contributed by atoms with Gasteiger partial charge < -0.3 is 14.2 Å². The van der Waals surface area contributed by atoms with E-state index in [2.05, 4.69) is 10.1 Å². The van der Waals surface area contributed by atoms with Crippen LogP contribution in [0, 0.1) is 0 Å². The van der Waals surface area contributed by atoms with Gasteiger partial charge in [0, 0.05) is 29.5 Å².